The van der Waals surface area contributed by atoms with Crippen molar-refractivity contribution < 1.29 is 14.3 Å². The van der Waals surface area contributed by atoms with Gasteiger partial charge in [-0.25, -0.2) is 0 Å². The Kier molecular flexibility index (Phi) is 4.29. The number of nitrogens with two attached hydrogens (primary N) is 1. The normalized spacial score (nSPS) is 22.8. The summed E-state index contributed by atoms with van der Waals surface area (Å²) in [5, 5.41) is 0.397. The van der Waals surface area contributed by atoms with Gasteiger partial charge in [0.05, 0.1) is 10.6 Å². The topological polar surface area (TPSA) is 64.8 Å². The summed E-state index contributed by atoms with van der Waals surface area (Å²) in [6.07, 6.45) is -0.234. The lowest BCUT2D eigenvalue weighted by atomic mass is 10.2. The van der Waals surface area contributed by atoms with Crippen molar-refractivity contribution in [3.8, 4) is 0 Å². The first-order valence-corrected chi connectivity index (χ1v) is 6.34. The van der Waals surface area contributed by atoms with Crippen molar-refractivity contribution in [2.75, 3.05) is 33.0 Å². The van der Waals surface area contributed by atoms with Crippen LogP contribution >= 0.6 is 11.6 Å². The third kappa shape index (κ3) is 2.83. The smallest absolute Gasteiger partial charge is 0.255 e. The van der Waals surface area contributed by atoms with E-state index < -0.39 is 0 Å². The average molecular weight is 285 g/mol. The number of nitrogens with zero attached hydrogens (tertiary/aromatic N) is 1. The molecule has 2 N–H and O–H groups in total. The van der Waals surface area contributed by atoms with E-state index in [9.17, 15) is 4.79 Å². The van der Waals surface area contributed by atoms with E-state index in [0.717, 1.165) is 0 Å². The number of hydrogen-bond donors (Lipinski definition) is 1. The van der Waals surface area contributed by atoms with Crippen LogP contribution < -0.4 is 5.73 Å². The number of ether oxygens (including phenoxy) is 2. The molecule has 19 heavy (non-hydrogen) atoms. The van der Waals surface area contributed by atoms with E-state index in [2.05, 4.69) is 0 Å². The second-order valence-electron chi connectivity index (χ2n) is 4.50. The van der Waals surface area contributed by atoms with Gasteiger partial charge in [0, 0.05) is 33.0 Å². The Labute approximate surface area is 117 Å². The number of anilines is 1. The average Bonchev–Trinajstić information content (AvgIpc) is 2.84. The Bertz CT molecular complexity index is 469. The zero-order valence-corrected chi connectivity index (χ0v) is 11.7. The molecule has 0 saturated carbocycles. The zero-order chi connectivity index (χ0) is 14.0. The molecule has 1 aromatic carbocycles. The summed E-state index contributed by atoms with van der Waals surface area (Å²) in [5.41, 5.74) is 6.62. The molecule has 2 rings (SSSR count). The minimum Gasteiger partial charge on any atom is -0.399 e. The molecule has 1 aliphatic heterocycles. The van der Waals surface area contributed by atoms with Crippen LogP contribution in [-0.2, 0) is 9.47 Å². The number of halogens is 1. The van der Waals surface area contributed by atoms with Gasteiger partial charge in [0.25, 0.3) is 5.91 Å². The van der Waals surface area contributed by atoms with Crippen molar-refractivity contribution in [3.05, 3.63) is 28.8 Å². The zero-order valence-electron chi connectivity index (χ0n) is 10.9. The Hall–Kier alpha value is -1.30. The molecule has 2 unspecified atom stereocenters. The van der Waals surface area contributed by atoms with E-state index in [0.29, 0.717) is 29.4 Å². The minimum absolute atomic E-state index is 0.117. The Morgan fingerprint density at radius 2 is 1.89 bits per heavy atom. The van der Waals surface area contributed by atoms with Gasteiger partial charge in [-0.1, -0.05) is 11.6 Å². The Morgan fingerprint density at radius 3 is 2.42 bits per heavy atom. The van der Waals surface area contributed by atoms with Crippen molar-refractivity contribution in [1.29, 1.82) is 0 Å². The lowest BCUT2D eigenvalue weighted by Gasteiger charge is -2.16. The molecular formula is C13H17ClN2O3. The maximum absolute atomic E-state index is 12.4. The fraction of sp³-hybridized carbons (Fsp3) is 0.462. The Morgan fingerprint density at radius 1 is 1.32 bits per heavy atom. The molecule has 5 nitrogen and oxygen atoms in total. The molecule has 0 radical (unpaired) electrons. The van der Waals surface area contributed by atoms with E-state index in [1.807, 2.05) is 0 Å². The van der Waals surface area contributed by atoms with Crippen LogP contribution in [0, 0.1) is 0 Å². The molecule has 1 fully saturated rings. The van der Waals surface area contributed by atoms with Gasteiger partial charge < -0.3 is 20.1 Å². The fourth-order valence-electron chi connectivity index (χ4n) is 2.24. The molecule has 2 atom stereocenters. The molecule has 0 aliphatic carbocycles. The highest BCUT2D eigenvalue weighted by molar-refractivity contribution is 6.34. The SMILES string of the molecule is COC1CN(C(=O)c2cc(N)ccc2Cl)CC1OC. The molecule has 1 heterocycles. The number of rotatable bonds is 3. The van der Waals surface area contributed by atoms with E-state index in [-0.39, 0.29) is 18.1 Å². The van der Waals surface area contributed by atoms with Gasteiger partial charge in [-0.3, -0.25) is 4.79 Å². The predicted molar refractivity (Wildman–Crippen MR) is 73.4 cm³/mol. The molecule has 0 bridgehead atoms. The highest BCUT2D eigenvalue weighted by Gasteiger charge is 2.36. The molecule has 6 heteroatoms. The van der Waals surface area contributed by atoms with Gasteiger partial charge in [0.1, 0.15) is 12.2 Å². The van der Waals surface area contributed by atoms with Crippen LogP contribution in [0.25, 0.3) is 0 Å². The van der Waals surface area contributed by atoms with Crippen molar-refractivity contribution in [2.24, 2.45) is 0 Å². The maximum Gasteiger partial charge on any atom is 0.255 e. The highest BCUT2D eigenvalue weighted by atomic mass is 35.5. The van der Waals surface area contributed by atoms with Crippen LogP contribution in [0.5, 0.6) is 0 Å². The summed E-state index contributed by atoms with van der Waals surface area (Å²) >= 11 is 6.04. The number of methoxy groups -OCH3 is 2. The van der Waals surface area contributed by atoms with Crippen molar-refractivity contribution in [1.82, 2.24) is 4.90 Å². The second-order valence-corrected chi connectivity index (χ2v) is 4.90. The molecule has 0 spiro atoms. The first-order chi connectivity index (χ1) is 9.06. The third-order valence-corrected chi connectivity index (χ3v) is 3.66. The van der Waals surface area contributed by atoms with Crippen LogP contribution in [0.3, 0.4) is 0 Å². The van der Waals surface area contributed by atoms with Gasteiger partial charge in [0.15, 0.2) is 0 Å². The number of nitrogen functional groups attached to an aromatic ring is 1. The predicted octanol–water partition coefficient (Wildman–Crippen LogP) is 1.41. The monoisotopic (exact) mass is 284 g/mol. The third-order valence-electron chi connectivity index (χ3n) is 3.33. The van der Waals surface area contributed by atoms with Crippen molar-refractivity contribution in [3.63, 3.8) is 0 Å². The highest BCUT2D eigenvalue weighted by Crippen LogP contribution is 2.24. The molecule has 104 valence electrons. The van der Waals surface area contributed by atoms with Gasteiger partial charge in [-0.15, -0.1) is 0 Å². The van der Waals surface area contributed by atoms with Crippen LogP contribution in [0.4, 0.5) is 5.69 Å². The second kappa shape index (κ2) is 5.77. The van der Waals surface area contributed by atoms with Crippen LogP contribution in [-0.4, -0.2) is 50.3 Å². The number of hydrogen-bond acceptors (Lipinski definition) is 4. The van der Waals surface area contributed by atoms with Crippen LogP contribution in [0.15, 0.2) is 18.2 Å². The number of benzene rings is 1. The summed E-state index contributed by atoms with van der Waals surface area (Å²) in [7, 11) is 3.22. The van der Waals surface area contributed by atoms with E-state index in [4.69, 9.17) is 26.8 Å². The molecule has 1 aromatic rings. The van der Waals surface area contributed by atoms with Crippen LogP contribution in [0.1, 0.15) is 10.4 Å². The molecule has 1 amide bonds. The van der Waals surface area contributed by atoms with E-state index in [1.54, 1.807) is 37.3 Å². The number of carbonyl (C=O) groups excluding carboxylic acids is 1. The molecule has 0 aromatic heterocycles. The Balaban J connectivity index is 2.19. The van der Waals surface area contributed by atoms with Gasteiger partial charge in [0.2, 0.25) is 0 Å². The quantitative estimate of drug-likeness (QED) is 0.853. The van der Waals surface area contributed by atoms with E-state index >= 15 is 0 Å². The standard InChI is InChI=1S/C13H17ClN2O3/c1-18-11-6-16(7-12(11)19-2)13(17)9-5-8(15)3-4-10(9)14/h3-5,11-12H,6-7,15H2,1-2H3. The largest absolute Gasteiger partial charge is 0.399 e. The van der Waals surface area contributed by atoms with E-state index in [1.165, 1.54) is 0 Å². The lowest BCUT2D eigenvalue weighted by Crippen LogP contribution is -2.30. The summed E-state index contributed by atoms with van der Waals surface area (Å²) in [4.78, 5) is 14.1. The van der Waals surface area contributed by atoms with Gasteiger partial charge in [-0.05, 0) is 18.2 Å². The number of carbonyl (C=O) groups is 1. The van der Waals surface area contributed by atoms with Gasteiger partial charge >= 0.3 is 0 Å². The van der Waals surface area contributed by atoms with Crippen LogP contribution in [0.2, 0.25) is 5.02 Å². The summed E-state index contributed by atoms with van der Waals surface area (Å²) in [6, 6.07) is 4.88. The van der Waals surface area contributed by atoms with Crippen molar-refractivity contribution in [2.45, 2.75) is 12.2 Å². The first kappa shape index (κ1) is 14.1. The summed E-state index contributed by atoms with van der Waals surface area (Å²) < 4.78 is 10.6. The fourth-order valence-corrected chi connectivity index (χ4v) is 2.44. The lowest BCUT2D eigenvalue weighted by molar-refractivity contribution is -0.00461. The maximum atomic E-state index is 12.4. The minimum atomic E-state index is -0.154. The summed E-state index contributed by atoms with van der Waals surface area (Å²) in [6.45, 7) is 0.970. The summed E-state index contributed by atoms with van der Waals surface area (Å²) in [5.74, 6) is -0.154. The van der Waals surface area contributed by atoms with Crippen molar-refractivity contribution >= 4 is 23.2 Å². The molecule has 1 aliphatic rings. The van der Waals surface area contributed by atoms with Gasteiger partial charge in [-0.2, -0.15) is 0 Å². The number of likely N-dealkylation sites (tertiary alicyclic amines) is 1. The molecule has 1 saturated heterocycles. The molecular weight excluding hydrogens is 268 g/mol. The number of amides is 1. The first-order valence-electron chi connectivity index (χ1n) is 5.96.